The molecule has 3 rings (SSSR count). The molecular weight excluding hydrogens is 282 g/mol. The molecule has 0 amide bonds. The Morgan fingerprint density at radius 1 is 1.05 bits per heavy atom. The molecule has 21 heavy (non-hydrogen) atoms. The maximum atomic E-state index is 9.51. The lowest BCUT2D eigenvalue weighted by molar-refractivity contribution is 0.997. The number of nitrogens with zero attached hydrogens (tertiary/aromatic N) is 2. The van der Waals surface area contributed by atoms with Crippen LogP contribution in [0, 0.1) is 11.3 Å². The fraction of sp³-hybridized carbons (Fsp3) is 0.0588. The van der Waals surface area contributed by atoms with E-state index < -0.39 is 6.04 Å². The van der Waals surface area contributed by atoms with Gasteiger partial charge in [-0.2, -0.15) is 5.26 Å². The highest BCUT2D eigenvalue weighted by atomic mass is 35.5. The fourth-order valence-electron chi connectivity index (χ4n) is 2.28. The van der Waals surface area contributed by atoms with E-state index in [0.29, 0.717) is 5.02 Å². The van der Waals surface area contributed by atoms with Crippen LogP contribution in [-0.2, 0) is 0 Å². The van der Waals surface area contributed by atoms with E-state index in [1.54, 1.807) is 18.5 Å². The maximum Gasteiger partial charge on any atom is 0.142 e. The molecule has 0 spiro atoms. The van der Waals surface area contributed by atoms with Crippen LogP contribution in [0.25, 0.3) is 10.8 Å². The first-order valence-electron chi connectivity index (χ1n) is 6.53. The monoisotopic (exact) mass is 293 g/mol. The third-order valence-electron chi connectivity index (χ3n) is 3.31. The van der Waals surface area contributed by atoms with Crippen LogP contribution < -0.4 is 5.32 Å². The van der Waals surface area contributed by atoms with Crippen LogP contribution in [-0.4, -0.2) is 4.98 Å². The van der Waals surface area contributed by atoms with E-state index in [9.17, 15) is 5.26 Å². The summed E-state index contributed by atoms with van der Waals surface area (Å²) in [5.41, 5.74) is 1.58. The van der Waals surface area contributed by atoms with Crippen LogP contribution in [0.1, 0.15) is 11.6 Å². The number of aromatic nitrogens is 1. The largest absolute Gasteiger partial charge is 0.365 e. The molecule has 4 heteroatoms. The molecule has 1 aromatic heterocycles. The smallest absolute Gasteiger partial charge is 0.142 e. The number of fused-ring (bicyclic) bond motifs is 1. The zero-order chi connectivity index (χ0) is 14.7. The van der Waals surface area contributed by atoms with Gasteiger partial charge in [-0.05, 0) is 17.5 Å². The second kappa shape index (κ2) is 5.82. The van der Waals surface area contributed by atoms with Crippen LogP contribution >= 0.6 is 11.6 Å². The van der Waals surface area contributed by atoms with Crippen molar-refractivity contribution in [2.45, 2.75) is 6.04 Å². The Balaban J connectivity index is 2.04. The number of nitrogens with one attached hydrogen (secondary N) is 1. The van der Waals surface area contributed by atoms with Crippen molar-refractivity contribution < 1.29 is 0 Å². The van der Waals surface area contributed by atoms with Gasteiger partial charge >= 0.3 is 0 Å². The predicted octanol–water partition coefficient (Wildman–Crippen LogP) is 4.56. The lowest BCUT2D eigenvalue weighted by Crippen LogP contribution is -2.09. The minimum Gasteiger partial charge on any atom is -0.365 e. The van der Waals surface area contributed by atoms with Gasteiger partial charge in [0.1, 0.15) is 6.04 Å². The molecule has 0 aliphatic carbocycles. The van der Waals surface area contributed by atoms with E-state index in [1.165, 1.54) is 0 Å². The SMILES string of the molecule is N#CC(Nc1ccccc1Cl)c1cncc2ccccc12. The van der Waals surface area contributed by atoms with Crippen LogP contribution in [0.5, 0.6) is 0 Å². The number of hydrogen-bond acceptors (Lipinski definition) is 3. The van der Waals surface area contributed by atoms with E-state index >= 15 is 0 Å². The second-order valence-electron chi connectivity index (χ2n) is 4.64. The Bertz CT molecular complexity index is 818. The molecule has 0 bridgehead atoms. The van der Waals surface area contributed by atoms with Crippen molar-refractivity contribution in [2.75, 3.05) is 5.32 Å². The number of anilines is 1. The van der Waals surface area contributed by atoms with Gasteiger partial charge in [-0.15, -0.1) is 0 Å². The summed E-state index contributed by atoms with van der Waals surface area (Å²) >= 11 is 6.14. The molecular formula is C17H12ClN3. The Morgan fingerprint density at radius 2 is 1.81 bits per heavy atom. The molecule has 1 unspecified atom stereocenters. The third-order valence-corrected chi connectivity index (χ3v) is 3.64. The average Bonchev–Trinajstić information content (AvgIpc) is 2.54. The second-order valence-corrected chi connectivity index (χ2v) is 5.04. The first-order valence-corrected chi connectivity index (χ1v) is 6.91. The van der Waals surface area contributed by atoms with E-state index in [1.807, 2.05) is 42.5 Å². The van der Waals surface area contributed by atoms with Gasteiger partial charge in [-0.3, -0.25) is 4.98 Å². The van der Waals surface area contributed by atoms with Crippen molar-refractivity contribution in [3.63, 3.8) is 0 Å². The number of para-hydroxylation sites is 1. The number of halogens is 1. The molecule has 0 fully saturated rings. The van der Waals surface area contributed by atoms with Gasteiger partial charge in [-0.1, -0.05) is 48.0 Å². The summed E-state index contributed by atoms with van der Waals surface area (Å²) in [7, 11) is 0. The standard InChI is InChI=1S/C17H12ClN3/c18-15-7-3-4-8-16(15)21-17(9-19)14-11-20-10-12-5-1-2-6-13(12)14/h1-8,10-11,17,21H. The van der Waals surface area contributed by atoms with Crippen molar-refractivity contribution in [3.05, 3.63) is 71.5 Å². The molecule has 3 nitrogen and oxygen atoms in total. The molecule has 1 heterocycles. The highest BCUT2D eigenvalue weighted by molar-refractivity contribution is 6.33. The lowest BCUT2D eigenvalue weighted by atomic mass is 10.0. The summed E-state index contributed by atoms with van der Waals surface area (Å²) in [5, 5.41) is 15.3. The van der Waals surface area contributed by atoms with Crippen molar-refractivity contribution >= 4 is 28.1 Å². The summed E-state index contributed by atoms with van der Waals surface area (Å²) in [6, 6.07) is 17.0. The summed E-state index contributed by atoms with van der Waals surface area (Å²) in [5.74, 6) is 0. The van der Waals surface area contributed by atoms with Gasteiger partial charge in [0.05, 0.1) is 16.8 Å². The Kier molecular flexibility index (Phi) is 3.72. The summed E-state index contributed by atoms with van der Waals surface area (Å²) in [4.78, 5) is 4.22. The van der Waals surface area contributed by atoms with Crippen molar-refractivity contribution in [1.29, 1.82) is 5.26 Å². The number of benzene rings is 2. The van der Waals surface area contributed by atoms with Gasteiger partial charge in [-0.25, -0.2) is 0 Å². The minimum absolute atomic E-state index is 0.511. The van der Waals surface area contributed by atoms with Crippen molar-refractivity contribution in [2.24, 2.45) is 0 Å². The van der Waals surface area contributed by atoms with E-state index in [4.69, 9.17) is 11.6 Å². The average molecular weight is 294 g/mol. The molecule has 0 saturated heterocycles. The van der Waals surface area contributed by atoms with Gasteiger partial charge in [0.25, 0.3) is 0 Å². The van der Waals surface area contributed by atoms with Crippen LogP contribution in [0.4, 0.5) is 5.69 Å². The van der Waals surface area contributed by atoms with Gasteiger partial charge in [0.15, 0.2) is 0 Å². The van der Waals surface area contributed by atoms with E-state index in [-0.39, 0.29) is 0 Å². The van der Waals surface area contributed by atoms with Gasteiger partial charge in [0, 0.05) is 23.3 Å². The van der Waals surface area contributed by atoms with Crippen molar-refractivity contribution in [3.8, 4) is 6.07 Å². The summed E-state index contributed by atoms with van der Waals surface area (Å²) < 4.78 is 0. The van der Waals surface area contributed by atoms with E-state index in [2.05, 4.69) is 16.4 Å². The quantitative estimate of drug-likeness (QED) is 0.770. The molecule has 1 atom stereocenters. The maximum absolute atomic E-state index is 9.51. The summed E-state index contributed by atoms with van der Waals surface area (Å²) in [6.07, 6.45) is 3.52. The summed E-state index contributed by atoms with van der Waals surface area (Å²) in [6.45, 7) is 0. The zero-order valence-electron chi connectivity index (χ0n) is 11.1. The van der Waals surface area contributed by atoms with Crippen molar-refractivity contribution in [1.82, 2.24) is 4.98 Å². The Hall–Kier alpha value is -2.57. The molecule has 0 aliphatic heterocycles. The number of pyridine rings is 1. The molecule has 1 N–H and O–H groups in total. The van der Waals surface area contributed by atoms with Crippen LogP contribution in [0.15, 0.2) is 60.9 Å². The number of hydrogen-bond donors (Lipinski definition) is 1. The molecule has 3 aromatic rings. The fourth-order valence-corrected chi connectivity index (χ4v) is 2.47. The first-order chi connectivity index (χ1) is 10.3. The lowest BCUT2D eigenvalue weighted by Gasteiger charge is -2.16. The minimum atomic E-state index is -0.511. The molecule has 2 aromatic carbocycles. The topological polar surface area (TPSA) is 48.7 Å². The number of nitriles is 1. The Morgan fingerprint density at radius 3 is 2.62 bits per heavy atom. The molecule has 0 saturated carbocycles. The molecule has 0 aliphatic rings. The highest BCUT2D eigenvalue weighted by Gasteiger charge is 2.15. The van der Waals surface area contributed by atoms with Gasteiger partial charge in [0.2, 0.25) is 0 Å². The number of rotatable bonds is 3. The zero-order valence-corrected chi connectivity index (χ0v) is 11.9. The van der Waals surface area contributed by atoms with E-state index in [0.717, 1.165) is 22.0 Å². The normalized spacial score (nSPS) is 11.8. The Labute approximate surface area is 127 Å². The predicted molar refractivity (Wildman–Crippen MR) is 85.2 cm³/mol. The molecule has 0 radical (unpaired) electrons. The first kappa shape index (κ1) is 13.4. The third kappa shape index (κ3) is 2.67. The molecule has 102 valence electrons. The van der Waals surface area contributed by atoms with Crippen LogP contribution in [0.2, 0.25) is 5.02 Å². The highest BCUT2D eigenvalue weighted by Crippen LogP contribution is 2.28. The van der Waals surface area contributed by atoms with Gasteiger partial charge < -0.3 is 5.32 Å². The van der Waals surface area contributed by atoms with Crippen LogP contribution in [0.3, 0.4) is 0 Å².